The molecule has 10 heteroatoms. The molecule has 5 rings (SSSR count). The number of amides is 2. The summed E-state index contributed by atoms with van der Waals surface area (Å²) in [6, 6.07) is 18.3. The Morgan fingerprint density at radius 1 is 0.974 bits per heavy atom. The van der Waals surface area contributed by atoms with Crippen molar-refractivity contribution in [1.29, 1.82) is 0 Å². The molecular weight excluding hydrogens is 531 g/mol. The highest BCUT2D eigenvalue weighted by molar-refractivity contribution is 6.30. The monoisotopic (exact) mass is 559 g/mol. The van der Waals surface area contributed by atoms with Gasteiger partial charge >= 0.3 is 12.2 Å². The molecule has 0 N–H and O–H groups in total. The van der Waals surface area contributed by atoms with Crippen molar-refractivity contribution < 1.29 is 27.4 Å². The Morgan fingerprint density at radius 3 is 2.33 bits per heavy atom. The second-order valence-corrected chi connectivity index (χ2v) is 10.2. The number of hydrogen-bond donors (Lipinski definition) is 0. The number of carbonyl (C=O) groups excluding carboxylic acids is 1. The molecule has 3 aromatic carbocycles. The second-order valence-electron chi connectivity index (χ2n) is 9.77. The highest BCUT2D eigenvalue weighted by Gasteiger charge is 2.40. The Morgan fingerprint density at radius 2 is 1.67 bits per heavy atom. The number of benzene rings is 3. The predicted molar refractivity (Wildman–Crippen MR) is 143 cm³/mol. The van der Waals surface area contributed by atoms with Gasteiger partial charge in [0.15, 0.2) is 0 Å². The molecule has 1 unspecified atom stereocenters. The fraction of sp³-hybridized carbons (Fsp3) is 0.345. The molecule has 6 nitrogen and oxygen atoms in total. The number of ether oxygens (including phenoxy) is 2. The minimum Gasteiger partial charge on any atom is -0.457 e. The Bertz CT molecular complexity index is 1290. The minimum atomic E-state index is -4.48. The normalized spacial score (nSPS) is 20.5. The Balaban J connectivity index is 1.39. The van der Waals surface area contributed by atoms with Gasteiger partial charge in [-0.15, -0.1) is 0 Å². The highest BCUT2D eigenvalue weighted by atomic mass is 35.5. The van der Waals surface area contributed by atoms with Crippen LogP contribution in [-0.2, 0) is 10.9 Å². The lowest BCUT2D eigenvalue weighted by Crippen LogP contribution is -2.45. The van der Waals surface area contributed by atoms with Crippen LogP contribution in [0, 0.1) is 0 Å². The van der Waals surface area contributed by atoms with E-state index in [1.165, 1.54) is 6.07 Å². The van der Waals surface area contributed by atoms with E-state index in [9.17, 15) is 18.0 Å². The van der Waals surface area contributed by atoms with Crippen molar-refractivity contribution in [3.63, 3.8) is 0 Å². The molecule has 2 atom stereocenters. The number of urea groups is 1. The average Bonchev–Trinajstić information content (AvgIpc) is 3.25. The van der Waals surface area contributed by atoms with Crippen LogP contribution in [0.4, 0.5) is 23.7 Å². The number of alkyl halides is 3. The molecular formula is C29H29ClF3N3O3. The van der Waals surface area contributed by atoms with E-state index in [-0.39, 0.29) is 18.7 Å². The molecule has 0 aliphatic carbocycles. The highest BCUT2D eigenvalue weighted by Crippen LogP contribution is 2.38. The summed E-state index contributed by atoms with van der Waals surface area (Å²) in [6.07, 6.45) is -4.35. The van der Waals surface area contributed by atoms with E-state index < -0.39 is 17.8 Å². The number of morpholine rings is 1. The molecule has 0 radical (unpaired) electrons. The maximum Gasteiger partial charge on any atom is 0.416 e. The van der Waals surface area contributed by atoms with Gasteiger partial charge in [-0.25, -0.2) is 4.79 Å². The van der Waals surface area contributed by atoms with E-state index >= 15 is 0 Å². The van der Waals surface area contributed by atoms with E-state index in [0.717, 1.165) is 25.2 Å². The van der Waals surface area contributed by atoms with Gasteiger partial charge in [-0.05, 0) is 73.2 Å². The molecule has 2 heterocycles. The van der Waals surface area contributed by atoms with Crippen molar-refractivity contribution in [2.24, 2.45) is 0 Å². The number of halogens is 4. The van der Waals surface area contributed by atoms with Crippen LogP contribution in [0.1, 0.15) is 24.1 Å². The van der Waals surface area contributed by atoms with Crippen molar-refractivity contribution in [1.82, 2.24) is 9.80 Å². The standard InChI is InChI=1S/C29H29ClF3N3O3/c1-20-18-34(15-16-38-20)13-14-35-19-27(21-3-2-4-22(17-21)29(31,32)33)36(28(35)37)24-7-11-26(12-8-24)39-25-9-5-23(30)6-10-25/h2-12,17,20,27H,13-16,18-19H2,1H3/t20-,27?/m0/s1. The third-order valence-corrected chi connectivity index (χ3v) is 7.21. The van der Waals surface area contributed by atoms with E-state index in [0.29, 0.717) is 47.5 Å². The number of hydrogen-bond acceptors (Lipinski definition) is 4. The summed E-state index contributed by atoms with van der Waals surface area (Å²) in [7, 11) is 0. The first-order chi connectivity index (χ1) is 18.7. The van der Waals surface area contributed by atoms with E-state index in [1.54, 1.807) is 64.4 Å². The van der Waals surface area contributed by atoms with Crippen molar-refractivity contribution >= 4 is 23.3 Å². The topological polar surface area (TPSA) is 45.2 Å². The lowest BCUT2D eigenvalue weighted by atomic mass is 10.0. The van der Waals surface area contributed by atoms with Crippen LogP contribution in [0.15, 0.2) is 72.8 Å². The molecule has 206 valence electrons. The fourth-order valence-corrected chi connectivity index (χ4v) is 5.10. The van der Waals surface area contributed by atoms with Crippen LogP contribution < -0.4 is 9.64 Å². The zero-order valence-electron chi connectivity index (χ0n) is 21.4. The maximum atomic E-state index is 13.7. The molecule has 3 aromatic rings. The van der Waals surface area contributed by atoms with Crippen molar-refractivity contribution in [2.45, 2.75) is 25.2 Å². The zero-order valence-corrected chi connectivity index (χ0v) is 22.2. The van der Waals surface area contributed by atoms with E-state index in [1.807, 2.05) is 6.92 Å². The Labute approximate surface area is 230 Å². The summed E-state index contributed by atoms with van der Waals surface area (Å²) in [5.41, 5.74) is 0.274. The summed E-state index contributed by atoms with van der Waals surface area (Å²) in [6.45, 7) is 5.62. The van der Waals surface area contributed by atoms with Gasteiger partial charge < -0.3 is 14.4 Å². The summed E-state index contributed by atoms with van der Waals surface area (Å²) < 4.78 is 52.0. The first kappa shape index (κ1) is 27.3. The lowest BCUT2D eigenvalue weighted by Gasteiger charge is -2.32. The minimum absolute atomic E-state index is 0.121. The van der Waals surface area contributed by atoms with Gasteiger partial charge in [-0.2, -0.15) is 13.2 Å². The first-order valence-electron chi connectivity index (χ1n) is 12.8. The van der Waals surface area contributed by atoms with Crippen LogP contribution in [0.3, 0.4) is 0 Å². The number of nitrogens with zero attached hydrogens (tertiary/aromatic N) is 3. The molecule has 0 aromatic heterocycles. The Hall–Kier alpha value is -3.27. The summed E-state index contributed by atoms with van der Waals surface area (Å²) in [5.74, 6) is 1.16. The fourth-order valence-electron chi connectivity index (χ4n) is 4.98. The molecule has 2 aliphatic heterocycles. The largest absolute Gasteiger partial charge is 0.457 e. The smallest absolute Gasteiger partial charge is 0.416 e. The van der Waals surface area contributed by atoms with Gasteiger partial charge in [0.1, 0.15) is 11.5 Å². The third-order valence-electron chi connectivity index (χ3n) is 6.96. The summed E-state index contributed by atoms with van der Waals surface area (Å²) >= 11 is 5.94. The predicted octanol–water partition coefficient (Wildman–Crippen LogP) is 6.86. The molecule has 2 amide bonds. The molecule has 0 bridgehead atoms. The van der Waals surface area contributed by atoms with Crippen molar-refractivity contribution in [3.8, 4) is 11.5 Å². The van der Waals surface area contributed by atoms with E-state index in [4.69, 9.17) is 21.1 Å². The SMILES string of the molecule is C[C@H]1CN(CCN2CC(c3cccc(C(F)(F)F)c3)N(c3ccc(Oc4ccc(Cl)cc4)cc3)C2=O)CCO1. The first-order valence-corrected chi connectivity index (χ1v) is 13.2. The van der Waals surface area contributed by atoms with Gasteiger partial charge in [-0.1, -0.05) is 23.7 Å². The second kappa shape index (κ2) is 11.5. The molecule has 0 saturated carbocycles. The summed E-state index contributed by atoms with van der Waals surface area (Å²) in [5, 5.41) is 0.596. The molecule has 2 aliphatic rings. The van der Waals surface area contributed by atoms with Gasteiger partial charge in [0.25, 0.3) is 0 Å². The molecule has 2 fully saturated rings. The number of carbonyl (C=O) groups is 1. The van der Waals surface area contributed by atoms with Gasteiger partial charge in [-0.3, -0.25) is 9.80 Å². The van der Waals surface area contributed by atoms with Gasteiger partial charge in [0.2, 0.25) is 0 Å². The molecule has 39 heavy (non-hydrogen) atoms. The van der Waals surface area contributed by atoms with Gasteiger partial charge in [0.05, 0.1) is 24.3 Å². The third kappa shape index (κ3) is 6.49. The quantitative estimate of drug-likeness (QED) is 0.317. The Kier molecular flexibility index (Phi) is 8.02. The summed E-state index contributed by atoms with van der Waals surface area (Å²) in [4.78, 5) is 19.2. The van der Waals surface area contributed by atoms with Gasteiger partial charge in [0, 0.05) is 43.4 Å². The average molecular weight is 560 g/mol. The molecule has 0 spiro atoms. The van der Waals surface area contributed by atoms with Crippen LogP contribution in [-0.4, -0.2) is 61.3 Å². The molecule has 2 saturated heterocycles. The van der Waals surface area contributed by atoms with Crippen molar-refractivity contribution in [3.05, 3.63) is 88.9 Å². The number of anilines is 1. The van der Waals surface area contributed by atoms with Crippen LogP contribution in [0.25, 0.3) is 0 Å². The van der Waals surface area contributed by atoms with Crippen LogP contribution in [0.5, 0.6) is 11.5 Å². The zero-order chi connectivity index (χ0) is 27.6. The lowest BCUT2D eigenvalue weighted by molar-refractivity contribution is -0.137. The maximum absolute atomic E-state index is 13.7. The number of rotatable bonds is 7. The van der Waals surface area contributed by atoms with Crippen molar-refractivity contribution in [2.75, 3.05) is 44.2 Å². The van der Waals surface area contributed by atoms with Crippen LogP contribution >= 0.6 is 11.6 Å². The van der Waals surface area contributed by atoms with Crippen LogP contribution in [0.2, 0.25) is 5.02 Å². The van der Waals surface area contributed by atoms with E-state index in [2.05, 4.69) is 4.90 Å².